The Morgan fingerprint density at radius 3 is 2.68 bits per heavy atom. The van der Waals surface area contributed by atoms with Gasteiger partial charge in [-0.3, -0.25) is 9.59 Å². The highest BCUT2D eigenvalue weighted by Crippen LogP contribution is 2.39. The molecule has 0 aliphatic carbocycles. The smallest absolute Gasteiger partial charge is 0.313 e. The van der Waals surface area contributed by atoms with E-state index in [4.69, 9.17) is 9.26 Å². The van der Waals surface area contributed by atoms with Crippen LogP contribution in [0.15, 0.2) is 24.3 Å². The van der Waals surface area contributed by atoms with E-state index in [-0.39, 0.29) is 12.7 Å². The summed E-state index contributed by atoms with van der Waals surface area (Å²) in [6.07, 6.45) is 0. The number of thiophene rings is 1. The molecule has 0 aliphatic rings. The minimum absolute atomic E-state index is 0.162. The zero-order chi connectivity index (χ0) is 18.6. The van der Waals surface area contributed by atoms with Gasteiger partial charge in [0, 0.05) is 11.7 Å². The Kier molecular flexibility index (Phi) is 6.49. The Bertz CT molecular complexity index is 772. The van der Waals surface area contributed by atoms with Crippen molar-refractivity contribution in [3.8, 4) is 0 Å². The van der Waals surface area contributed by atoms with E-state index in [1.807, 2.05) is 0 Å². The van der Waals surface area contributed by atoms with Crippen molar-refractivity contribution in [1.82, 2.24) is 5.32 Å². The first-order chi connectivity index (χ1) is 11.7. The standard InChI is InChI=1S/C17H21FNO4PS/c1-17(2,3)16(21)22-9-23-24-14(18)10-5-6-12-11(7-10)8-13(25-12)15(20)19-4/h5-8,14,24H,9H2,1-4H3,(H,19,20). The van der Waals surface area contributed by atoms with Crippen LogP contribution in [0, 0.1) is 5.41 Å². The second-order valence-electron chi connectivity index (χ2n) is 6.41. The van der Waals surface area contributed by atoms with E-state index >= 15 is 0 Å². The minimum atomic E-state index is -1.32. The Hall–Kier alpha value is -1.56. The lowest BCUT2D eigenvalue weighted by atomic mass is 9.98. The van der Waals surface area contributed by atoms with E-state index < -0.39 is 26.1 Å². The van der Waals surface area contributed by atoms with Crippen LogP contribution < -0.4 is 5.32 Å². The molecular weight excluding hydrogens is 364 g/mol. The molecule has 1 aromatic carbocycles. The van der Waals surface area contributed by atoms with Gasteiger partial charge in [0.25, 0.3) is 5.91 Å². The summed E-state index contributed by atoms with van der Waals surface area (Å²) < 4.78 is 25.3. The maximum Gasteiger partial charge on any atom is 0.313 e. The molecule has 2 rings (SSSR count). The lowest BCUT2D eigenvalue weighted by Gasteiger charge is -2.16. The molecule has 0 aliphatic heterocycles. The number of carbonyl (C=O) groups excluding carboxylic acids is 2. The second kappa shape index (κ2) is 8.21. The largest absolute Gasteiger partial charge is 0.438 e. The lowest BCUT2D eigenvalue weighted by Crippen LogP contribution is -2.23. The van der Waals surface area contributed by atoms with E-state index in [0.717, 1.165) is 10.1 Å². The van der Waals surface area contributed by atoms with E-state index in [0.29, 0.717) is 10.4 Å². The number of fused-ring (bicyclic) bond motifs is 1. The molecule has 8 heteroatoms. The minimum Gasteiger partial charge on any atom is -0.438 e. The maximum absolute atomic E-state index is 14.3. The van der Waals surface area contributed by atoms with Crippen LogP contribution in [0.25, 0.3) is 10.1 Å². The first-order valence-corrected chi connectivity index (χ1v) is 9.47. The number of amides is 1. The third-order valence-corrected chi connectivity index (χ3v) is 5.27. The van der Waals surface area contributed by atoms with E-state index in [1.165, 1.54) is 11.3 Å². The normalized spacial score (nSPS) is 13.3. The van der Waals surface area contributed by atoms with Gasteiger partial charge in [-0.1, -0.05) is 6.07 Å². The van der Waals surface area contributed by atoms with Crippen LogP contribution in [-0.2, 0) is 14.1 Å². The molecule has 0 bridgehead atoms. The molecule has 136 valence electrons. The van der Waals surface area contributed by atoms with Crippen molar-refractivity contribution >= 4 is 42.1 Å². The first-order valence-electron chi connectivity index (χ1n) is 7.66. The van der Waals surface area contributed by atoms with Crippen molar-refractivity contribution in [3.05, 3.63) is 34.7 Å². The summed E-state index contributed by atoms with van der Waals surface area (Å²) >= 11 is 1.36. The molecule has 1 aromatic heterocycles. The molecule has 5 nitrogen and oxygen atoms in total. The van der Waals surface area contributed by atoms with Crippen molar-refractivity contribution in [2.24, 2.45) is 5.41 Å². The summed E-state index contributed by atoms with van der Waals surface area (Å²) in [5, 5.41) is 3.38. The third-order valence-electron chi connectivity index (χ3n) is 3.33. The van der Waals surface area contributed by atoms with Gasteiger partial charge >= 0.3 is 5.97 Å². The summed E-state index contributed by atoms with van der Waals surface area (Å²) in [5.41, 5.74) is -0.150. The van der Waals surface area contributed by atoms with Crippen LogP contribution >= 0.6 is 20.1 Å². The molecule has 0 saturated heterocycles. The van der Waals surface area contributed by atoms with Crippen LogP contribution in [0.1, 0.15) is 41.9 Å². The average molecular weight is 385 g/mol. The number of benzene rings is 1. The molecular formula is C17H21FNO4PS. The van der Waals surface area contributed by atoms with Crippen LogP contribution in [0.3, 0.4) is 0 Å². The Balaban J connectivity index is 1.94. The Labute approximate surface area is 151 Å². The van der Waals surface area contributed by atoms with E-state index in [2.05, 4.69) is 5.32 Å². The fourth-order valence-corrected chi connectivity index (χ4v) is 3.51. The molecule has 0 spiro atoms. The van der Waals surface area contributed by atoms with Crippen LogP contribution in [0.2, 0.25) is 0 Å². The van der Waals surface area contributed by atoms with Crippen LogP contribution in [-0.4, -0.2) is 25.7 Å². The predicted octanol–water partition coefficient (Wildman–Crippen LogP) is 4.39. The van der Waals surface area contributed by atoms with Crippen LogP contribution in [0.5, 0.6) is 0 Å². The van der Waals surface area contributed by atoms with Gasteiger partial charge < -0.3 is 14.6 Å². The van der Waals surface area contributed by atoms with Crippen molar-refractivity contribution in [3.63, 3.8) is 0 Å². The summed E-state index contributed by atoms with van der Waals surface area (Å²) in [7, 11) is 1.09. The van der Waals surface area contributed by atoms with Gasteiger partial charge in [-0.05, 0) is 49.9 Å². The second-order valence-corrected chi connectivity index (χ2v) is 8.53. The number of alkyl halides is 1. The van der Waals surface area contributed by atoms with Crippen molar-refractivity contribution in [2.45, 2.75) is 26.7 Å². The molecule has 2 atom stereocenters. The SMILES string of the molecule is CNC(=O)c1cc2cc(C(F)POCOC(=O)C(C)(C)C)ccc2s1. The zero-order valence-electron chi connectivity index (χ0n) is 14.5. The van der Waals surface area contributed by atoms with Gasteiger partial charge in [0.1, 0.15) is 0 Å². The third kappa shape index (κ3) is 5.21. The highest BCUT2D eigenvalue weighted by Gasteiger charge is 2.23. The molecule has 0 fully saturated rings. The van der Waals surface area contributed by atoms with E-state index in [1.54, 1.807) is 52.1 Å². The quantitative estimate of drug-likeness (QED) is 0.347. The lowest BCUT2D eigenvalue weighted by molar-refractivity contribution is -0.159. The molecule has 1 N–H and O–H groups in total. The average Bonchev–Trinajstić information content (AvgIpc) is 2.99. The Morgan fingerprint density at radius 2 is 2.04 bits per heavy atom. The zero-order valence-corrected chi connectivity index (χ0v) is 16.3. The number of ether oxygens (including phenoxy) is 1. The van der Waals surface area contributed by atoms with Crippen molar-refractivity contribution < 1.29 is 23.2 Å². The van der Waals surface area contributed by atoms with Gasteiger partial charge in [0.05, 0.1) is 19.1 Å². The summed E-state index contributed by atoms with van der Waals surface area (Å²) in [5.74, 6) is -1.87. The molecule has 0 radical (unpaired) electrons. The summed E-state index contributed by atoms with van der Waals surface area (Å²) in [4.78, 5) is 23.8. The Morgan fingerprint density at radius 1 is 1.32 bits per heavy atom. The monoisotopic (exact) mass is 385 g/mol. The topological polar surface area (TPSA) is 64.6 Å². The molecule has 2 aromatic rings. The summed E-state index contributed by atoms with van der Waals surface area (Å²) in [6, 6.07) is 6.91. The van der Waals surface area contributed by atoms with Crippen molar-refractivity contribution in [1.29, 1.82) is 0 Å². The molecule has 1 heterocycles. The predicted molar refractivity (Wildman–Crippen MR) is 98.9 cm³/mol. The fraction of sp³-hybridized carbons (Fsp3) is 0.412. The number of carbonyl (C=O) groups is 2. The first kappa shape index (κ1) is 19.8. The molecule has 25 heavy (non-hydrogen) atoms. The number of rotatable bonds is 6. The summed E-state index contributed by atoms with van der Waals surface area (Å²) in [6.45, 7) is 4.94. The molecule has 1 amide bonds. The maximum atomic E-state index is 14.3. The van der Waals surface area contributed by atoms with E-state index in [9.17, 15) is 14.0 Å². The van der Waals surface area contributed by atoms with Gasteiger partial charge in [0.15, 0.2) is 12.7 Å². The fourth-order valence-electron chi connectivity index (χ4n) is 1.93. The van der Waals surface area contributed by atoms with Crippen molar-refractivity contribution in [2.75, 3.05) is 13.8 Å². The van der Waals surface area contributed by atoms with Crippen LogP contribution in [0.4, 0.5) is 4.39 Å². The van der Waals surface area contributed by atoms with Gasteiger partial charge in [-0.15, -0.1) is 11.3 Å². The van der Waals surface area contributed by atoms with Gasteiger partial charge in [-0.2, -0.15) is 0 Å². The number of hydrogen-bond donors (Lipinski definition) is 1. The van der Waals surface area contributed by atoms with Gasteiger partial charge in [-0.25, -0.2) is 4.39 Å². The highest BCUT2D eigenvalue weighted by molar-refractivity contribution is 7.32. The number of halogens is 1. The highest BCUT2D eigenvalue weighted by atomic mass is 32.1. The number of nitrogens with one attached hydrogen (secondary N) is 1. The van der Waals surface area contributed by atoms with Gasteiger partial charge in [0.2, 0.25) is 0 Å². The number of hydrogen-bond acceptors (Lipinski definition) is 5. The molecule has 2 unspecified atom stereocenters. The number of esters is 1. The molecule has 0 saturated carbocycles.